The van der Waals surface area contributed by atoms with Crippen molar-refractivity contribution in [3.63, 3.8) is 0 Å². The van der Waals surface area contributed by atoms with Crippen LogP contribution in [0.2, 0.25) is 4.34 Å². The van der Waals surface area contributed by atoms with Crippen LogP contribution < -0.4 is 5.32 Å². The van der Waals surface area contributed by atoms with E-state index < -0.39 is 0 Å². The summed E-state index contributed by atoms with van der Waals surface area (Å²) >= 11 is 9.16. The molecular formula is C11H13ClN2S2. The number of hydrogen-bond acceptors (Lipinski definition) is 4. The number of aryl methyl sites for hydroxylation is 1. The molecule has 0 amide bonds. The van der Waals surface area contributed by atoms with Gasteiger partial charge in [0.15, 0.2) is 0 Å². The van der Waals surface area contributed by atoms with E-state index in [-0.39, 0.29) is 0 Å². The van der Waals surface area contributed by atoms with Gasteiger partial charge in [-0.3, -0.25) is 0 Å². The van der Waals surface area contributed by atoms with Crippen LogP contribution in [-0.4, -0.2) is 4.98 Å². The maximum absolute atomic E-state index is 5.91. The maximum atomic E-state index is 5.91. The van der Waals surface area contributed by atoms with Crippen molar-refractivity contribution in [3.8, 4) is 0 Å². The van der Waals surface area contributed by atoms with Crippen LogP contribution >= 0.6 is 34.3 Å². The Labute approximate surface area is 108 Å². The van der Waals surface area contributed by atoms with Gasteiger partial charge >= 0.3 is 0 Å². The van der Waals surface area contributed by atoms with Crippen LogP contribution in [0.25, 0.3) is 0 Å². The van der Waals surface area contributed by atoms with Gasteiger partial charge in [-0.05, 0) is 30.9 Å². The minimum absolute atomic E-state index is 0.311. The monoisotopic (exact) mass is 272 g/mol. The Morgan fingerprint density at radius 1 is 1.44 bits per heavy atom. The number of halogens is 1. The summed E-state index contributed by atoms with van der Waals surface area (Å²) in [4.78, 5) is 4.41. The number of thiophene rings is 1. The maximum Gasteiger partial charge on any atom is 0.0931 e. The van der Waals surface area contributed by atoms with Crippen LogP contribution in [0, 0.1) is 6.92 Å². The molecule has 0 saturated heterocycles. The quantitative estimate of drug-likeness (QED) is 0.909. The van der Waals surface area contributed by atoms with E-state index in [9.17, 15) is 0 Å². The SMILES string of the molecule is Cc1nc(CNC(C)c2csc(Cl)c2)cs1. The Kier molecular flexibility index (Phi) is 3.97. The molecule has 1 N–H and O–H groups in total. The molecule has 5 heteroatoms. The van der Waals surface area contributed by atoms with E-state index in [1.54, 1.807) is 22.7 Å². The van der Waals surface area contributed by atoms with Gasteiger partial charge < -0.3 is 5.32 Å². The van der Waals surface area contributed by atoms with Crippen molar-refractivity contribution in [2.24, 2.45) is 0 Å². The third-order valence-corrected chi connectivity index (χ3v) is 4.28. The Morgan fingerprint density at radius 3 is 2.81 bits per heavy atom. The lowest BCUT2D eigenvalue weighted by molar-refractivity contribution is 0.570. The van der Waals surface area contributed by atoms with Crippen LogP contribution in [0.3, 0.4) is 0 Å². The second-order valence-corrected chi connectivity index (χ2v) is 6.25. The number of hydrogen-bond donors (Lipinski definition) is 1. The van der Waals surface area contributed by atoms with Gasteiger partial charge in [-0.15, -0.1) is 22.7 Å². The Balaban J connectivity index is 1.91. The van der Waals surface area contributed by atoms with E-state index in [1.807, 2.05) is 13.0 Å². The first kappa shape index (κ1) is 12.0. The summed E-state index contributed by atoms with van der Waals surface area (Å²) in [6.45, 7) is 4.97. The smallest absolute Gasteiger partial charge is 0.0931 e. The van der Waals surface area contributed by atoms with Gasteiger partial charge in [0, 0.05) is 18.0 Å². The molecule has 0 saturated carbocycles. The van der Waals surface area contributed by atoms with Gasteiger partial charge in [0.25, 0.3) is 0 Å². The highest BCUT2D eigenvalue weighted by Crippen LogP contribution is 2.24. The second kappa shape index (κ2) is 5.27. The van der Waals surface area contributed by atoms with Gasteiger partial charge in [-0.25, -0.2) is 4.98 Å². The van der Waals surface area contributed by atoms with Gasteiger partial charge in [0.1, 0.15) is 0 Å². The zero-order valence-electron chi connectivity index (χ0n) is 9.16. The molecule has 1 unspecified atom stereocenters. The molecule has 2 rings (SSSR count). The number of nitrogens with zero attached hydrogens (tertiary/aromatic N) is 1. The van der Waals surface area contributed by atoms with E-state index in [1.165, 1.54) is 5.56 Å². The fourth-order valence-electron chi connectivity index (χ4n) is 1.42. The normalized spacial score (nSPS) is 12.9. The van der Waals surface area contributed by atoms with Crippen molar-refractivity contribution in [2.45, 2.75) is 26.4 Å². The van der Waals surface area contributed by atoms with Crippen LogP contribution in [0.5, 0.6) is 0 Å². The lowest BCUT2D eigenvalue weighted by atomic mass is 10.2. The third-order valence-electron chi connectivity index (χ3n) is 2.34. The molecule has 2 aromatic heterocycles. The average Bonchev–Trinajstić information content (AvgIpc) is 2.84. The Morgan fingerprint density at radius 2 is 2.25 bits per heavy atom. The molecule has 86 valence electrons. The van der Waals surface area contributed by atoms with Crippen molar-refractivity contribution in [1.29, 1.82) is 0 Å². The molecule has 1 atom stereocenters. The van der Waals surface area contributed by atoms with Gasteiger partial charge in [-0.2, -0.15) is 0 Å². The van der Waals surface area contributed by atoms with E-state index in [0.29, 0.717) is 6.04 Å². The Hall–Kier alpha value is -0.420. The van der Waals surface area contributed by atoms with Crippen LogP contribution in [0.4, 0.5) is 0 Å². The fourth-order valence-corrected chi connectivity index (χ4v) is 3.01. The molecule has 0 aliphatic carbocycles. The number of aromatic nitrogens is 1. The van der Waals surface area contributed by atoms with Gasteiger partial charge in [0.05, 0.1) is 15.0 Å². The molecule has 0 aromatic carbocycles. The Bertz CT molecular complexity index is 464. The highest BCUT2D eigenvalue weighted by atomic mass is 35.5. The second-order valence-electron chi connectivity index (χ2n) is 3.64. The van der Waals surface area contributed by atoms with E-state index in [0.717, 1.165) is 21.6 Å². The molecule has 16 heavy (non-hydrogen) atoms. The molecule has 0 bridgehead atoms. The van der Waals surface area contributed by atoms with E-state index >= 15 is 0 Å². The summed E-state index contributed by atoms with van der Waals surface area (Å²) in [5.74, 6) is 0. The van der Waals surface area contributed by atoms with Crippen LogP contribution in [0.15, 0.2) is 16.8 Å². The summed E-state index contributed by atoms with van der Waals surface area (Å²) in [7, 11) is 0. The van der Waals surface area contributed by atoms with Crippen LogP contribution in [-0.2, 0) is 6.54 Å². The lowest BCUT2D eigenvalue weighted by Gasteiger charge is -2.10. The summed E-state index contributed by atoms with van der Waals surface area (Å²) in [6, 6.07) is 2.32. The summed E-state index contributed by atoms with van der Waals surface area (Å²) in [6.07, 6.45) is 0. The van der Waals surface area contributed by atoms with Crippen molar-refractivity contribution < 1.29 is 0 Å². The van der Waals surface area contributed by atoms with E-state index in [2.05, 4.69) is 28.0 Å². The summed E-state index contributed by atoms with van der Waals surface area (Å²) in [5.41, 5.74) is 2.35. The molecule has 0 radical (unpaired) electrons. The topological polar surface area (TPSA) is 24.9 Å². The number of thiazole rings is 1. The predicted octanol–water partition coefficient (Wildman–Crippen LogP) is 4.02. The molecule has 2 nitrogen and oxygen atoms in total. The first-order chi connectivity index (χ1) is 7.65. The molecule has 0 aliphatic rings. The number of rotatable bonds is 4. The minimum Gasteiger partial charge on any atom is -0.305 e. The van der Waals surface area contributed by atoms with Gasteiger partial charge in [0.2, 0.25) is 0 Å². The fraction of sp³-hybridized carbons (Fsp3) is 0.364. The average molecular weight is 273 g/mol. The van der Waals surface area contributed by atoms with Crippen molar-refractivity contribution >= 4 is 34.3 Å². The van der Waals surface area contributed by atoms with Crippen molar-refractivity contribution in [1.82, 2.24) is 10.3 Å². The molecular weight excluding hydrogens is 260 g/mol. The summed E-state index contributed by atoms with van der Waals surface area (Å²) in [5, 5.41) is 8.73. The zero-order valence-corrected chi connectivity index (χ0v) is 11.5. The zero-order chi connectivity index (χ0) is 11.5. The van der Waals surface area contributed by atoms with E-state index in [4.69, 9.17) is 11.6 Å². The van der Waals surface area contributed by atoms with Crippen LogP contribution in [0.1, 0.15) is 29.2 Å². The third kappa shape index (κ3) is 3.04. The highest BCUT2D eigenvalue weighted by molar-refractivity contribution is 7.14. The number of nitrogens with one attached hydrogen (secondary N) is 1. The predicted molar refractivity (Wildman–Crippen MR) is 71.4 cm³/mol. The largest absolute Gasteiger partial charge is 0.305 e. The van der Waals surface area contributed by atoms with Crippen molar-refractivity contribution in [3.05, 3.63) is 37.4 Å². The van der Waals surface area contributed by atoms with Crippen molar-refractivity contribution in [2.75, 3.05) is 0 Å². The highest BCUT2D eigenvalue weighted by Gasteiger charge is 2.07. The standard InChI is InChI=1S/C11H13ClN2S2/c1-7(9-3-11(12)16-5-9)13-4-10-6-15-8(2)14-10/h3,5-7,13H,4H2,1-2H3. The molecule has 0 aliphatic heterocycles. The lowest BCUT2D eigenvalue weighted by Crippen LogP contribution is -2.17. The van der Waals surface area contributed by atoms with Gasteiger partial charge in [-0.1, -0.05) is 11.6 Å². The molecule has 2 heterocycles. The molecule has 0 spiro atoms. The first-order valence-corrected chi connectivity index (χ1v) is 7.17. The first-order valence-electron chi connectivity index (χ1n) is 5.03. The summed E-state index contributed by atoms with van der Waals surface area (Å²) < 4.78 is 0.841. The minimum atomic E-state index is 0.311. The molecule has 2 aromatic rings. The molecule has 0 fully saturated rings.